The monoisotopic (exact) mass is 307 g/mol. The van der Waals surface area contributed by atoms with Crippen LogP contribution in [0.4, 0.5) is 0 Å². The number of halogens is 1. The Kier molecular flexibility index (Phi) is 4.84. The summed E-state index contributed by atoms with van der Waals surface area (Å²) in [5.41, 5.74) is 0.500. The maximum atomic E-state index is 12.4. The van der Waals surface area contributed by atoms with Crippen LogP contribution < -0.4 is 5.32 Å². The molecule has 1 aromatic heterocycles. The highest BCUT2D eigenvalue weighted by molar-refractivity contribution is 7.10. The Morgan fingerprint density at radius 1 is 1.25 bits per heavy atom. The van der Waals surface area contributed by atoms with E-state index in [1.807, 2.05) is 61.7 Å². The second-order valence-electron chi connectivity index (χ2n) is 5.35. The van der Waals surface area contributed by atoms with E-state index in [1.165, 1.54) is 0 Å². The maximum Gasteiger partial charge on any atom is 0.227 e. The lowest BCUT2D eigenvalue weighted by atomic mass is 9.94. The molecule has 2 nitrogen and oxygen atoms in total. The van der Waals surface area contributed by atoms with Gasteiger partial charge in [-0.1, -0.05) is 36.4 Å². The fourth-order valence-electron chi connectivity index (χ4n) is 1.81. The minimum absolute atomic E-state index is 0.0326. The molecule has 1 aromatic carbocycles. The molecule has 2 aromatic rings. The van der Waals surface area contributed by atoms with Gasteiger partial charge in [-0.15, -0.1) is 22.9 Å². The smallest absolute Gasteiger partial charge is 0.227 e. The summed E-state index contributed by atoms with van der Waals surface area (Å²) in [7, 11) is 0. The van der Waals surface area contributed by atoms with Crippen LogP contribution in [-0.2, 0) is 4.79 Å². The van der Waals surface area contributed by atoms with Crippen LogP contribution in [0.5, 0.6) is 0 Å². The van der Waals surface area contributed by atoms with E-state index < -0.39 is 5.41 Å². The molecule has 1 amide bonds. The van der Waals surface area contributed by atoms with Crippen molar-refractivity contribution in [1.82, 2.24) is 5.32 Å². The zero-order valence-electron chi connectivity index (χ0n) is 11.6. The molecule has 4 heteroatoms. The van der Waals surface area contributed by atoms with Crippen LogP contribution >= 0.6 is 22.9 Å². The maximum absolute atomic E-state index is 12.4. The van der Waals surface area contributed by atoms with Gasteiger partial charge in [-0.05, 0) is 30.9 Å². The SMILES string of the molecule is CC(C)(CCl)C(=O)NC(c1ccccc1)c1cccs1. The molecule has 0 bridgehead atoms. The van der Waals surface area contributed by atoms with Crippen molar-refractivity contribution in [3.05, 3.63) is 58.3 Å². The first-order valence-corrected chi connectivity index (χ1v) is 7.91. The lowest BCUT2D eigenvalue weighted by Gasteiger charge is -2.25. The van der Waals surface area contributed by atoms with Crippen molar-refractivity contribution in [2.75, 3.05) is 5.88 Å². The van der Waals surface area contributed by atoms with Gasteiger partial charge in [0, 0.05) is 10.8 Å². The number of carbonyl (C=O) groups is 1. The number of rotatable bonds is 5. The molecule has 0 saturated carbocycles. The summed E-state index contributed by atoms with van der Waals surface area (Å²) >= 11 is 7.52. The number of carbonyl (C=O) groups excluding carboxylic acids is 1. The van der Waals surface area contributed by atoms with Crippen molar-refractivity contribution >= 4 is 28.8 Å². The average molecular weight is 308 g/mol. The van der Waals surface area contributed by atoms with Crippen LogP contribution in [0.1, 0.15) is 30.3 Å². The van der Waals surface area contributed by atoms with Crippen LogP contribution in [0.25, 0.3) is 0 Å². The number of thiophene rings is 1. The van der Waals surface area contributed by atoms with Crippen molar-refractivity contribution in [3.63, 3.8) is 0 Å². The van der Waals surface area contributed by atoms with Crippen molar-refractivity contribution in [1.29, 1.82) is 0 Å². The van der Waals surface area contributed by atoms with Gasteiger partial charge >= 0.3 is 0 Å². The van der Waals surface area contributed by atoms with Gasteiger partial charge in [0.05, 0.1) is 11.5 Å². The van der Waals surface area contributed by atoms with Crippen LogP contribution in [0, 0.1) is 5.41 Å². The molecule has 106 valence electrons. The van der Waals surface area contributed by atoms with Crippen LogP contribution in [0.3, 0.4) is 0 Å². The number of nitrogens with one attached hydrogen (secondary N) is 1. The van der Waals surface area contributed by atoms with Gasteiger partial charge in [-0.25, -0.2) is 0 Å². The zero-order chi connectivity index (χ0) is 14.6. The number of benzene rings is 1. The van der Waals surface area contributed by atoms with E-state index >= 15 is 0 Å². The predicted octanol–water partition coefficient (Wildman–Crippen LogP) is 4.22. The summed E-state index contributed by atoms with van der Waals surface area (Å²) in [4.78, 5) is 13.5. The summed E-state index contributed by atoms with van der Waals surface area (Å²) in [6.07, 6.45) is 0. The van der Waals surface area contributed by atoms with E-state index in [-0.39, 0.29) is 11.9 Å². The molecule has 0 aliphatic rings. The van der Waals surface area contributed by atoms with Crippen molar-refractivity contribution in [2.45, 2.75) is 19.9 Å². The van der Waals surface area contributed by atoms with Gasteiger partial charge in [0.25, 0.3) is 0 Å². The molecule has 1 N–H and O–H groups in total. The molecule has 0 aliphatic heterocycles. The molecule has 1 atom stereocenters. The average Bonchev–Trinajstić information content (AvgIpc) is 2.99. The molecular formula is C16H18ClNOS. The highest BCUT2D eigenvalue weighted by Crippen LogP contribution is 2.28. The van der Waals surface area contributed by atoms with E-state index in [9.17, 15) is 4.79 Å². The predicted molar refractivity (Wildman–Crippen MR) is 85.2 cm³/mol. The summed E-state index contributed by atoms with van der Waals surface area (Å²) < 4.78 is 0. The molecule has 1 unspecified atom stereocenters. The largest absolute Gasteiger partial charge is 0.344 e. The van der Waals surface area contributed by atoms with Gasteiger partial charge < -0.3 is 5.32 Å². The van der Waals surface area contributed by atoms with E-state index in [1.54, 1.807) is 11.3 Å². The fourth-order valence-corrected chi connectivity index (χ4v) is 2.73. The zero-order valence-corrected chi connectivity index (χ0v) is 13.2. The van der Waals surface area contributed by atoms with Crippen molar-refractivity contribution in [3.8, 4) is 0 Å². The van der Waals surface area contributed by atoms with E-state index in [4.69, 9.17) is 11.6 Å². The number of amides is 1. The Hall–Kier alpha value is -1.32. The number of alkyl halides is 1. The highest BCUT2D eigenvalue weighted by atomic mass is 35.5. The van der Waals surface area contributed by atoms with Gasteiger partial charge in [0.2, 0.25) is 5.91 Å². The normalized spacial score (nSPS) is 12.9. The Labute approximate surface area is 128 Å². The minimum atomic E-state index is -0.578. The Morgan fingerprint density at radius 3 is 2.50 bits per heavy atom. The first-order chi connectivity index (χ1) is 9.54. The standard InChI is InChI=1S/C16H18ClNOS/c1-16(2,11-17)15(19)18-14(13-9-6-10-20-13)12-7-4-3-5-8-12/h3-10,14H,11H2,1-2H3,(H,18,19). The molecule has 20 heavy (non-hydrogen) atoms. The van der Waals surface area contributed by atoms with Gasteiger partial charge in [-0.2, -0.15) is 0 Å². The fraction of sp³-hybridized carbons (Fsp3) is 0.312. The second-order valence-corrected chi connectivity index (χ2v) is 6.60. The molecule has 0 fully saturated rings. The third-order valence-electron chi connectivity index (χ3n) is 3.18. The third-order valence-corrected chi connectivity index (χ3v) is 4.79. The quantitative estimate of drug-likeness (QED) is 0.823. The minimum Gasteiger partial charge on any atom is -0.344 e. The summed E-state index contributed by atoms with van der Waals surface area (Å²) in [5.74, 6) is 0.264. The topological polar surface area (TPSA) is 29.1 Å². The molecule has 2 rings (SSSR count). The molecule has 0 aliphatic carbocycles. The van der Waals surface area contributed by atoms with E-state index in [0.717, 1.165) is 10.4 Å². The lowest BCUT2D eigenvalue weighted by molar-refractivity contribution is -0.128. The number of hydrogen-bond donors (Lipinski definition) is 1. The highest BCUT2D eigenvalue weighted by Gasteiger charge is 2.29. The number of hydrogen-bond acceptors (Lipinski definition) is 2. The summed E-state index contributed by atoms with van der Waals surface area (Å²) in [6.45, 7) is 3.71. The molecule has 0 spiro atoms. The van der Waals surface area contributed by atoms with E-state index in [2.05, 4.69) is 5.32 Å². The van der Waals surface area contributed by atoms with Crippen molar-refractivity contribution < 1.29 is 4.79 Å². The first-order valence-electron chi connectivity index (χ1n) is 6.50. The summed E-state index contributed by atoms with van der Waals surface area (Å²) in [6, 6.07) is 13.9. The molecule has 1 heterocycles. The van der Waals surface area contributed by atoms with Crippen molar-refractivity contribution in [2.24, 2.45) is 5.41 Å². The van der Waals surface area contributed by atoms with Crippen LogP contribution in [0.15, 0.2) is 47.8 Å². The third kappa shape index (κ3) is 3.41. The Bertz CT molecular complexity index is 551. The Balaban J connectivity index is 2.28. The van der Waals surface area contributed by atoms with E-state index in [0.29, 0.717) is 5.88 Å². The van der Waals surface area contributed by atoms with Gasteiger partial charge in [0.15, 0.2) is 0 Å². The Morgan fingerprint density at radius 2 is 1.95 bits per heavy atom. The van der Waals surface area contributed by atoms with Crippen LogP contribution in [-0.4, -0.2) is 11.8 Å². The summed E-state index contributed by atoms with van der Waals surface area (Å²) in [5, 5.41) is 5.13. The van der Waals surface area contributed by atoms with Crippen LogP contribution in [0.2, 0.25) is 0 Å². The first kappa shape index (κ1) is 15.1. The second kappa shape index (κ2) is 6.42. The molecular weight excluding hydrogens is 290 g/mol. The van der Waals surface area contributed by atoms with Gasteiger partial charge in [-0.3, -0.25) is 4.79 Å². The van der Waals surface area contributed by atoms with Gasteiger partial charge in [0.1, 0.15) is 0 Å². The molecule has 0 radical (unpaired) electrons. The lowest BCUT2D eigenvalue weighted by Crippen LogP contribution is -2.40. The molecule has 0 saturated heterocycles.